The van der Waals surface area contributed by atoms with E-state index >= 15 is 0 Å². The molecule has 0 amide bonds. The Bertz CT molecular complexity index is 156. The summed E-state index contributed by atoms with van der Waals surface area (Å²) >= 11 is 0. The third kappa shape index (κ3) is 0.514. The Labute approximate surface area is 48.7 Å². The smallest absolute Gasteiger partial charge is 0.0801 e. The van der Waals surface area contributed by atoms with E-state index in [2.05, 4.69) is 18.2 Å². The number of fused-ring (bicyclic) bond motifs is 2. The number of hydrogen-bond donors (Lipinski definition) is 0. The number of rotatable bonds is 0. The Balaban J connectivity index is 2.34. The molecule has 0 aromatic heterocycles. The molecule has 1 aliphatic carbocycles. The van der Waals surface area contributed by atoms with Crippen LogP contribution in [0.5, 0.6) is 0 Å². The third-order valence-electron chi connectivity index (χ3n) is 1.60. The third-order valence-corrected chi connectivity index (χ3v) is 1.60. The Kier molecular flexibility index (Phi) is 0.788. The molecular weight excluding hydrogens is 100 g/mol. The molecule has 1 aliphatic heterocycles. The second-order valence-electron chi connectivity index (χ2n) is 2.26. The Hall–Kier alpha value is -0.560. The molecule has 0 N–H and O–H groups in total. The van der Waals surface area contributed by atoms with Crippen LogP contribution in [0.1, 0.15) is 6.42 Å². The molecule has 8 heavy (non-hydrogen) atoms. The van der Waals surface area contributed by atoms with Crippen LogP contribution in [-0.4, -0.2) is 12.7 Å². The first kappa shape index (κ1) is 4.33. The van der Waals surface area contributed by atoms with Gasteiger partial charge in [0.05, 0.1) is 12.7 Å². The summed E-state index contributed by atoms with van der Waals surface area (Å²) < 4.78 is 5.32. The lowest BCUT2D eigenvalue weighted by Crippen LogP contribution is -1.98. The van der Waals surface area contributed by atoms with Gasteiger partial charge in [-0.05, 0) is 5.57 Å². The van der Waals surface area contributed by atoms with Crippen molar-refractivity contribution < 1.29 is 4.74 Å². The Morgan fingerprint density at radius 1 is 1.62 bits per heavy atom. The van der Waals surface area contributed by atoms with Crippen molar-refractivity contribution in [3.8, 4) is 0 Å². The lowest BCUT2D eigenvalue weighted by Gasteiger charge is -2.00. The van der Waals surface area contributed by atoms with Crippen LogP contribution in [0.4, 0.5) is 0 Å². The van der Waals surface area contributed by atoms with Crippen molar-refractivity contribution >= 4 is 0 Å². The second-order valence-corrected chi connectivity index (χ2v) is 2.26. The summed E-state index contributed by atoms with van der Waals surface area (Å²) in [6.45, 7) is 0.859. The predicted octanol–water partition coefficient (Wildman–Crippen LogP) is 1.27. The normalized spacial score (nSPS) is 33.0. The van der Waals surface area contributed by atoms with E-state index < -0.39 is 0 Å². The highest BCUT2D eigenvalue weighted by Gasteiger charge is 2.18. The highest BCUT2D eigenvalue weighted by molar-refractivity contribution is 5.24. The van der Waals surface area contributed by atoms with E-state index in [1.807, 2.05) is 0 Å². The molecule has 1 heteroatoms. The first-order chi connectivity index (χ1) is 3.95. The van der Waals surface area contributed by atoms with Gasteiger partial charge in [0.25, 0.3) is 0 Å². The minimum absolute atomic E-state index is 0.412. The summed E-state index contributed by atoms with van der Waals surface area (Å²) in [6, 6.07) is 0. The molecule has 1 unspecified atom stereocenters. The quantitative estimate of drug-likeness (QED) is 0.454. The van der Waals surface area contributed by atoms with Crippen LogP contribution in [0.3, 0.4) is 0 Å². The fourth-order valence-corrected chi connectivity index (χ4v) is 1.15. The molecule has 0 saturated carbocycles. The minimum Gasteiger partial charge on any atom is -0.369 e. The van der Waals surface area contributed by atoms with E-state index in [4.69, 9.17) is 4.74 Å². The van der Waals surface area contributed by atoms with Gasteiger partial charge in [-0.1, -0.05) is 18.2 Å². The summed E-state index contributed by atoms with van der Waals surface area (Å²) in [5, 5.41) is 0. The van der Waals surface area contributed by atoms with E-state index in [9.17, 15) is 0 Å². The summed E-state index contributed by atoms with van der Waals surface area (Å²) in [6.07, 6.45) is 7.88. The van der Waals surface area contributed by atoms with Crippen LogP contribution in [0.25, 0.3) is 0 Å². The van der Waals surface area contributed by atoms with Crippen LogP contribution in [-0.2, 0) is 4.74 Å². The molecule has 1 heterocycles. The summed E-state index contributed by atoms with van der Waals surface area (Å²) in [4.78, 5) is 0. The molecule has 2 rings (SSSR count). The van der Waals surface area contributed by atoms with E-state index in [1.54, 1.807) is 0 Å². The zero-order valence-electron chi connectivity index (χ0n) is 4.63. The standard InChI is InChI=1S/C7H8O/c1-2-6-4-7(3-1)8-5-6/h1-3,7H,4-5H2. The van der Waals surface area contributed by atoms with Gasteiger partial charge in [0.2, 0.25) is 0 Å². The lowest BCUT2D eigenvalue weighted by molar-refractivity contribution is 0.150. The molecule has 1 saturated heterocycles. The van der Waals surface area contributed by atoms with Crippen LogP contribution >= 0.6 is 0 Å². The van der Waals surface area contributed by atoms with Crippen molar-refractivity contribution in [1.29, 1.82) is 0 Å². The molecule has 1 fully saturated rings. The van der Waals surface area contributed by atoms with E-state index in [0.29, 0.717) is 6.10 Å². The molecule has 42 valence electrons. The molecule has 2 aliphatic rings. The van der Waals surface area contributed by atoms with Gasteiger partial charge in [-0.25, -0.2) is 0 Å². The van der Waals surface area contributed by atoms with Crippen LogP contribution in [0.2, 0.25) is 0 Å². The number of allylic oxidation sites excluding steroid dienone is 2. The van der Waals surface area contributed by atoms with Crippen molar-refractivity contribution in [3.05, 3.63) is 23.8 Å². The van der Waals surface area contributed by atoms with Gasteiger partial charge in [-0.15, -0.1) is 0 Å². The largest absolute Gasteiger partial charge is 0.369 e. The number of hydrogen-bond acceptors (Lipinski definition) is 1. The zero-order valence-corrected chi connectivity index (χ0v) is 4.63. The maximum atomic E-state index is 5.32. The maximum absolute atomic E-state index is 5.32. The second kappa shape index (κ2) is 1.46. The minimum atomic E-state index is 0.412. The Morgan fingerprint density at radius 2 is 2.62 bits per heavy atom. The lowest BCUT2D eigenvalue weighted by atomic mass is 10.1. The molecule has 1 nitrogen and oxygen atoms in total. The van der Waals surface area contributed by atoms with Gasteiger partial charge in [-0.2, -0.15) is 0 Å². The highest BCUT2D eigenvalue weighted by atomic mass is 16.5. The first-order valence-electron chi connectivity index (χ1n) is 2.93. The van der Waals surface area contributed by atoms with Crippen LogP contribution < -0.4 is 0 Å². The van der Waals surface area contributed by atoms with Crippen molar-refractivity contribution in [2.24, 2.45) is 0 Å². The molecule has 0 spiro atoms. The molecule has 1 atom stereocenters. The van der Waals surface area contributed by atoms with Crippen molar-refractivity contribution in [3.63, 3.8) is 0 Å². The van der Waals surface area contributed by atoms with Crippen LogP contribution in [0, 0.1) is 0 Å². The van der Waals surface area contributed by atoms with Gasteiger partial charge in [0, 0.05) is 6.42 Å². The molecule has 0 aromatic rings. The van der Waals surface area contributed by atoms with Crippen molar-refractivity contribution in [1.82, 2.24) is 0 Å². The highest BCUT2D eigenvalue weighted by Crippen LogP contribution is 2.22. The van der Waals surface area contributed by atoms with Crippen LogP contribution in [0.15, 0.2) is 23.8 Å². The molecular formula is C7H8O. The van der Waals surface area contributed by atoms with Crippen molar-refractivity contribution in [2.45, 2.75) is 12.5 Å². The van der Waals surface area contributed by atoms with E-state index in [0.717, 1.165) is 13.0 Å². The topological polar surface area (TPSA) is 9.23 Å². The molecule has 2 bridgehead atoms. The van der Waals surface area contributed by atoms with Gasteiger partial charge < -0.3 is 4.74 Å². The SMILES string of the molecule is C1=CC2CC(=C1)CO2. The average Bonchev–Trinajstić information content (AvgIpc) is 2.12. The van der Waals surface area contributed by atoms with Crippen molar-refractivity contribution in [2.75, 3.05) is 6.61 Å². The van der Waals surface area contributed by atoms with Gasteiger partial charge in [0.1, 0.15) is 0 Å². The monoisotopic (exact) mass is 108 g/mol. The predicted molar refractivity (Wildman–Crippen MR) is 31.6 cm³/mol. The van der Waals surface area contributed by atoms with E-state index in [-0.39, 0.29) is 0 Å². The first-order valence-corrected chi connectivity index (χ1v) is 2.93. The van der Waals surface area contributed by atoms with Gasteiger partial charge >= 0.3 is 0 Å². The fourth-order valence-electron chi connectivity index (χ4n) is 1.15. The maximum Gasteiger partial charge on any atom is 0.0801 e. The molecule has 0 radical (unpaired) electrons. The summed E-state index contributed by atoms with van der Waals surface area (Å²) in [5.41, 5.74) is 1.44. The Morgan fingerprint density at radius 3 is 3.38 bits per heavy atom. The van der Waals surface area contributed by atoms with Gasteiger partial charge in [-0.3, -0.25) is 0 Å². The summed E-state index contributed by atoms with van der Waals surface area (Å²) in [5.74, 6) is 0. The van der Waals surface area contributed by atoms with Gasteiger partial charge in [0.15, 0.2) is 0 Å². The fraction of sp³-hybridized carbons (Fsp3) is 0.429. The average molecular weight is 108 g/mol. The molecule has 0 aromatic carbocycles. The number of ether oxygens (including phenoxy) is 1. The van der Waals surface area contributed by atoms with E-state index in [1.165, 1.54) is 5.57 Å². The zero-order chi connectivity index (χ0) is 5.40. The summed E-state index contributed by atoms with van der Waals surface area (Å²) in [7, 11) is 0.